The molecular weight excluding hydrogens is 76.1 g/mol. The second kappa shape index (κ2) is 0.950. The first-order valence-corrected chi connectivity index (χ1v) is 2.28. The predicted octanol–water partition coefficient (Wildman–Crippen LogP) is -0.216. The third kappa shape index (κ3) is 0.533. The van der Waals surface area contributed by atoms with E-state index in [0.29, 0.717) is 0 Å². The van der Waals surface area contributed by atoms with Crippen LogP contribution >= 0.6 is 0 Å². The van der Waals surface area contributed by atoms with Crippen LogP contribution in [0.3, 0.4) is 0 Å². The second-order valence-electron chi connectivity index (χ2n) is 2.09. The van der Waals surface area contributed by atoms with Gasteiger partial charge in [0.25, 0.3) is 0 Å². The first-order chi connectivity index (χ1) is 2.71. The van der Waals surface area contributed by atoms with Crippen LogP contribution in [0.1, 0.15) is 19.3 Å². The fourth-order valence-corrected chi connectivity index (χ4v) is 0.585. The summed E-state index contributed by atoms with van der Waals surface area (Å²) in [6, 6.07) is 0. The molecule has 4 N–H and O–H groups in total. The summed E-state index contributed by atoms with van der Waals surface area (Å²) in [5, 5.41) is 0. The highest BCUT2D eigenvalue weighted by Gasteiger charge is 2.26. The van der Waals surface area contributed by atoms with E-state index in [1.165, 1.54) is 6.42 Å². The first kappa shape index (κ1) is 4.09. The zero-order valence-corrected chi connectivity index (χ0v) is 3.78. The maximum Gasteiger partial charge on any atom is 0.0636 e. The number of nitrogens with two attached hydrogens (primary N) is 2. The molecule has 0 aromatic heterocycles. The van der Waals surface area contributed by atoms with Crippen LogP contribution in [0.25, 0.3) is 0 Å². The zero-order chi connectivity index (χ0) is 4.62. The van der Waals surface area contributed by atoms with E-state index in [-0.39, 0.29) is 5.66 Å². The van der Waals surface area contributed by atoms with E-state index in [0.717, 1.165) is 12.8 Å². The molecule has 0 aliphatic heterocycles. The SMILES string of the molecule is NC1(N)CCC1. The summed E-state index contributed by atoms with van der Waals surface area (Å²) >= 11 is 0. The van der Waals surface area contributed by atoms with Crippen molar-refractivity contribution in [2.75, 3.05) is 0 Å². The van der Waals surface area contributed by atoms with Gasteiger partial charge in [-0.15, -0.1) is 0 Å². The fourth-order valence-electron chi connectivity index (χ4n) is 0.585. The van der Waals surface area contributed by atoms with Crippen LogP contribution in [0.5, 0.6) is 0 Å². The minimum atomic E-state index is -0.278. The van der Waals surface area contributed by atoms with Crippen molar-refractivity contribution in [3.05, 3.63) is 0 Å². The van der Waals surface area contributed by atoms with Gasteiger partial charge in [0.15, 0.2) is 0 Å². The predicted molar refractivity (Wildman–Crippen MR) is 25.0 cm³/mol. The molecule has 1 saturated carbocycles. The maximum absolute atomic E-state index is 5.40. The third-order valence-corrected chi connectivity index (χ3v) is 1.28. The fraction of sp³-hybridized carbons (Fsp3) is 1.00. The van der Waals surface area contributed by atoms with Crippen molar-refractivity contribution in [1.29, 1.82) is 0 Å². The average molecular weight is 86.1 g/mol. The molecule has 0 spiro atoms. The molecule has 0 aromatic carbocycles. The monoisotopic (exact) mass is 86.1 g/mol. The number of rotatable bonds is 0. The van der Waals surface area contributed by atoms with Gasteiger partial charge in [-0.2, -0.15) is 0 Å². The Bertz CT molecular complexity index is 52.6. The van der Waals surface area contributed by atoms with Gasteiger partial charge in [0.05, 0.1) is 5.66 Å². The van der Waals surface area contributed by atoms with Gasteiger partial charge in [0.2, 0.25) is 0 Å². The summed E-state index contributed by atoms with van der Waals surface area (Å²) in [7, 11) is 0. The third-order valence-electron chi connectivity index (χ3n) is 1.28. The van der Waals surface area contributed by atoms with Crippen LogP contribution in [0.2, 0.25) is 0 Å². The molecule has 6 heavy (non-hydrogen) atoms. The summed E-state index contributed by atoms with van der Waals surface area (Å²) < 4.78 is 0. The minimum absolute atomic E-state index is 0.278. The summed E-state index contributed by atoms with van der Waals surface area (Å²) in [6.07, 6.45) is 3.23. The van der Waals surface area contributed by atoms with Gasteiger partial charge < -0.3 is 11.5 Å². The lowest BCUT2D eigenvalue weighted by atomic mass is 9.87. The van der Waals surface area contributed by atoms with Gasteiger partial charge in [-0.3, -0.25) is 0 Å². The summed E-state index contributed by atoms with van der Waals surface area (Å²) in [5.41, 5.74) is 10.5. The number of hydrogen-bond acceptors (Lipinski definition) is 2. The molecular formula is C4H10N2. The highest BCUT2D eigenvalue weighted by Crippen LogP contribution is 2.22. The van der Waals surface area contributed by atoms with E-state index >= 15 is 0 Å². The molecule has 0 heterocycles. The Hall–Kier alpha value is -0.0800. The Balaban J connectivity index is 2.31. The van der Waals surface area contributed by atoms with E-state index in [4.69, 9.17) is 11.5 Å². The summed E-state index contributed by atoms with van der Waals surface area (Å²) in [5.74, 6) is 0. The molecule has 0 aromatic rings. The smallest absolute Gasteiger partial charge is 0.0636 e. The van der Waals surface area contributed by atoms with Crippen molar-refractivity contribution in [2.45, 2.75) is 24.9 Å². The normalized spacial score (nSPS) is 29.0. The van der Waals surface area contributed by atoms with Crippen molar-refractivity contribution >= 4 is 0 Å². The average Bonchev–Trinajstić information content (AvgIpc) is 1.32. The number of hydrogen-bond donors (Lipinski definition) is 2. The van der Waals surface area contributed by atoms with Gasteiger partial charge in [-0.05, 0) is 19.3 Å². The van der Waals surface area contributed by atoms with E-state index in [1.54, 1.807) is 0 Å². The molecule has 0 unspecified atom stereocenters. The lowest BCUT2D eigenvalue weighted by molar-refractivity contribution is 0.259. The van der Waals surface area contributed by atoms with Gasteiger partial charge in [-0.25, -0.2) is 0 Å². The standard InChI is InChI=1S/C4H10N2/c5-4(6)2-1-3-4/h1-3,5-6H2. The lowest BCUT2D eigenvalue weighted by Gasteiger charge is -2.33. The zero-order valence-electron chi connectivity index (χ0n) is 3.78. The topological polar surface area (TPSA) is 52.0 Å². The van der Waals surface area contributed by atoms with E-state index in [2.05, 4.69) is 0 Å². The van der Waals surface area contributed by atoms with E-state index in [9.17, 15) is 0 Å². The quantitative estimate of drug-likeness (QED) is 0.400. The van der Waals surface area contributed by atoms with Gasteiger partial charge in [-0.1, -0.05) is 0 Å². The van der Waals surface area contributed by atoms with Crippen molar-refractivity contribution in [3.63, 3.8) is 0 Å². The lowest BCUT2D eigenvalue weighted by Crippen LogP contribution is -2.54. The Morgan fingerprint density at radius 2 is 1.50 bits per heavy atom. The molecule has 1 rings (SSSR count). The van der Waals surface area contributed by atoms with Crippen molar-refractivity contribution in [2.24, 2.45) is 11.5 Å². The Labute approximate surface area is 37.5 Å². The van der Waals surface area contributed by atoms with Crippen LogP contribution in [0.15, 0.2) is 0 Å². The van der Waals surface area contributed by atoms with Gasteiger partial charge >= 0.3 is 0 Å². The Kier molecular flexibility index (Phi) is 0.648. The molecule has 36 valence electrons. The first-order valence-electron chi connectivity index (χ1n) is 2.28. The Morgan fingerprint density at radius 1 is 1.17 bits per heavy atom. The Morgan fingerprint density at radius 3 is 1.50 bits per heavy atom. The molecule has 1 aliphatic rings. The summed E-state index contributed by atoms with van der Waals surface area (Å²) in [4.78, 5) is 0. The van der Waals surface area contributed by atoms with Gasteiger partial charge in [0, 0.05) is 0 Å². The van der Waals surface area contributed by atoms with Crippen molar-refractivity contribution in [3.8, 4) is 0 Å². The highest BCUT2D eigenvalue weighted by molar-refractivity contribution is 4.85. The molecule has 0 radical (unpaired) electrons. The largest absolute Gasteiger partial charge is 0.313 e. The molecule has 2 heteroatoms. The molecule has 1 aliphatic carbocycles. The highest BCUT2D eigenvalue weighted by atomic mass is 15.0. The summed E-state index contributed by atoms with van der Waals surface area (Å²) in [6.45, 7) is 0. The second-order valence-corrected chi connectivity index (χ2v) is 2.09. The van der Waals surface area contributed by atoms with Crippen molar-refractivity contribution in [1.82, 2.24) is 0 Å². The van der Waals surface area contributed by atoms with Crippen LogP contribution in [0.4, 0.5) is 0 Å². The van der Waals surface area contributed by atoms with Crippen LogP contribution < -0.4 is 11.5 Å². The van der Waals surface area contributed by atoms with Crippen molar-refractivity contribution < 1.29 is 0 Å². The molecule has 0 atom stereocenters. The van der Waals surface area contributed by atoms with Gasteiger partial charge in [0.1, 0.15) is 0 Å². The van der Waals surface area contributed by atoms with Crippen LogP contribution in [-0.4, -0.2) is 5.66 Å². The minimum Gasteiger partial charge on any atom is -0.313 e. The molecule has 0 amide bonds. The van der Waals surface area contributed by atoms with E-state index < -0.39 is 0 Å². The molecule has 0 saturated heterocycles. The van der Waals surface area contributed by atoms with Crippen LogP contribution in [0, 0.1) is 0 Å². The molecule has 0 bridgehead atoms. The molecule has 1 fully saturated rings. The molecule has 2 nitrogen and oxygen atoms in total. The van der Waals surface area contributed by atoms with E-state index in [1.807, 2.05) is 0 Å². The van der Waals surface area contributed by atoms with Crippen LogP contribution in [-0.2, 0) is 0 Å². The maximum atomic E-state index is 5.40.